The molecule has 2 aromatic rings. The molecule has 0 amide bonds. The lowest BCUT2D eigenvalue weighted by atomic mass is 10.1. The SMILES string of the molecule is Cc1[nH]nc2c(N)cc(C(=O)O)cc12. The van der Waals surface area contributed by atoms with Crippen LogP contribution in [0.2, 0.25) is 0 Å². The number of carboxylic acid groups (broad SMARTS) is 1. The van der Waals surface area contributed by atoms with Crippen molar-refractivity contribution in [2.75, 3.05) is 5.73 Å². The minimum atomic E-state index is -0.987. The Hall–Kier alpha value is -2.04. The smallest absolute Gasteiger partial charge is 0.335 e. The molecular weight excluding hydrogens is 182 g/mol. The molecule has 0 aliphatic rings. The number of nitrogens with two attached hydrogens (primary N) is 1. The van der Waals surface area contributed by atoms with E-state index in [1.807, 2.05) is 6.92 Å². The van der Waals surface area contributed by atoms with Gasteiger partial charge in [-0.05, 0) is 19.1 Å². The maximum atomic E-state index is 10.7. The first-order valence-electron chi connectivity index (χ1n) is 4.07. The number of aromatic amines is 1. The maximum Gasteiger partial charge on any atom is 0.335 e. The fourth-order valence-corrected chi connectivity index (χ4v) is 1.39. The summed E-state index contributed by atoms with van der Waals surface area (Å²) in [6.07, 6.45) is 0. The van der Waals surface area contributed by atoms with Crippen LogP contribution in [0.3, 0.4) is 0 Å². The zero-order chi connectivity index (χ0) is 10.3. The van der Waals surface area contributed by atoms with Crippen molar-refractivity contribution >= 4 is 22.6 Å². The molecule has 5 nitrogen and oxygen atoms in total. The van der Waals surface area contributed by atoms with Crippen LogP contribution in [-0.4, -0.2) is 21.3 Å². The van der Waals surface area contributed by atoms with Crippen LogP contribution >= 0.6 is 0 Å². The molecule has 0 spiro atoms. The third kappa shape index (κ3) is 1.10. The van der Waals surface area contributed by atoms with E-state index < -0.39 is 5.97 Å². The molecule has 2 rings (SSSR count). The highest BCUT2D eigenvalue weighted by Crippen LogP contribution is 2.23. The summed E-state index contributed by atoms with van der Waals surface area (Å²) in [5.74, 6) is -0.987. The average molecular weight is 191 g/mol. The number of hydrogen-bond donors (Lipinski definition) is 3. The molecule has 1 aromatic carbocycles. The Morgan fingerprint density at radius 1 is 1.57 bits per heavy atom. The zero-order valence-corrected chi connectivity index (χ0v) is 7.53. The Bertz CT molecular complexity index is 516. The van der Waals surface area contributed by atoms with Crippen molar-refractivity contribution in [1.29, 1.82) is 0 Å². The molecule has 0 saturated heterocycles. The molecule has 14 heavy (non-hydrogen) atoms. The van der Waals surface area contributed by atoms with Crippen LogP contribution < -0.4 is 5.73 Å². The number of rotatable bonds is 1. The van der Waals surface area contributed by atoms with Gasteiger partial charge in [0.1, 0.15) is 5.52 Å². The summed E-state index contributed by atoms with van der Waals surface area (Å²) in [6.45, 7) is 1.82. The Morgan fingerprint density at radius 3 is 2.93 bits per heavy atom. The summed E-state index contributed by atoms with van der Waals surface area (Å²) < 4.78 is 0. The van der Waals surface area contributed by atoms with Crippen molar-refractivity contribution in [1.82, 2.24) is 10.2 Å². The summed E-state index contributed by atoms with van der Waals surface area (Å²) in [7, 11) is 0. The van der Waals surface area contributed by atoms with Gasteiger partial charge in [-0.15, -0.1) is 0 Å². The molecular formula is C9H9N3O2. The number of benzene rings is 1. The van der Waals surface area contributed by atoms with Crippen molar-refractivity contribution in [3.05, 3.63) is 23.4 Å². The molecule has 5 heteroatoms. The Morgan fingerprint density at radius 2 is 2.29 bits per heavy atom. The molecule has 0 unspecified atom stereocenters. The molecule has 72 valence electrons. The standard InChI is InChI=1S/C9H9N3O2/c1-4-6-2-5(9(13)14)3-7(10)8(6)12-11-4/h2-3H,10H2,1H3,(H,11,12)(H,13,14). The predicted octanol–water partition coefficient (Wildman–Crippen LogP) is 1.15. The Labute approximate surface area is 79.5 Å². The fraction of sp³-hybridized carbons (Fsp3) is 0.111. The van der Waals surface area contributed by atoms with Gasteiger partial charge in [0.15, 0.2) is 0 Å². The number of aryl methyl sites for hydroxylation is 1. The van der Waals surface area contributed by atoms with Gasteiger partial charge in [0.05, 0.1) is 11.3 Å². The number of aromatic nitrogens is 2. The molecule has 1 heterocycles. The number of nitrogens with zero attached hydrogens (tertiary/aromatic N) is 1. The normalized spacial score (nSPS) is 10.6. The largest absolute Gasteiger partial charge is 0.478 e. The van der Waals surface area contributed by atoms with Gasteiger partial charge in [0, 0.05) is 11.1 Å². The number of carboxylic acids is 1. The molecule has 0 aliphatic carbocycles. The van der Waals surface area contributed by atoms with Gasteiger partial charge < -0.3 is 10.8 Å². The highest BCUT2D eigenvalue weighted by atomic mass is 16.4. The number of nitrogen functional groups attached to an aromatic ring is 1. The van der Waals surface area contributed by atoms with Crippen molar-refractivity contribution < 1.29 is 9.90 Å². The van der Waals surface area contributed by atoms with Crippen LogP contribution in [0.4, 0.5) is 5.69 Å². The van der Waals surface area contributed by atoms with Gasteiger partial charge in [-0.1, -0.05) is 0 Å². The van der Waals surface area contributed by atoms with E-state index in [4.69, 9.17) is 10.8 Å². The molecule has 0 saturated carbocycles. The highest BCUT2D eigenvalue weighted by molar-refractivity contribution is 5.99. The van der Waals surface area contributed by atoms with Crippen molar-refractivity contribution in [2.24, 2.45) is 0 Å². The number of anilines is 1. The van der Waals surface area contributed by atoms with E-state index in [0.717, 1.165) is 11.1 Å². The molecule has 0 fully saturated rings. The summed E-state index contributed by atoms with van der Waals surface area (Å²) in [6, 6.07) is 2.97. The number of hydrogen-bond acceptors (Lipinski definition) is 3. The van der Waals surface area contributed by atoms with E-state index in [9.17, 15) is 4.79 Å². The van der Waals surface area contributed by atoms with Gasteiger partial charge in [-0.3, -0.25) is 5.10 Å². The van der Waals surface area contributed by atoms with Gasteiger partial charge in [-0.2, -0.15) is 5.10 Å². The molecule has 0 bridgehead atoms. The fourth-order valence-electron chi connectivity index (χ4n) is 1.39. The molecule has 0 radical (unpaired) electrons. The lowest BCUT2D eigenvalue weighted by Crippen LogP contribution is -1.98. The maximum absolute atomic E-state index is 10.7. The summed E-state index contributed by atoms with van der Waals surface area (Å²) in [5.41, 5.74) is 7.65. The lowest BCUT2D eigenvalue weighted by molar-refractivity contribution is 0.0697. The van der Waals surface area contributed by atoms with Crippen LogP contribution in [-0.2, 0) is 0 Å². The monoisotopic (exact) mass is 191 g/mol. The molecule has 1 aromatic heterocycles. The minimum absolute atomic E-state index is 0.180. The van der Waals surface area contributed by atoms with Gasteiger partial charge in [0.25, 0.3) is 0 Å². The number of fused-ring (bicyclic) bond motifs is 1. The number of nitrogens with one attached hydrogen (secondary N) is 1. The molecule has 0 aliphatic heterocycles. The molecule has 4 N–H and O–H groups in total. The number of H-pyrrole nitrogens is 1. The number of carbonyl (C=O) groups is 1. The zero-order valence-electron chi connectivity index (χ0n) is 7.53. The van der Waals surface area contributed by atoms with E-state index in [-0.39, 0.29) is 5.56 Å². The van der Waals surface area contributed by atoms with Gasteiger partial charge in [-0.25, -0.2) is 4.79 Å². The van der Waals surface area contributed by atoms with E-state index in [1.165, 1.54) is 6.07 Å². The third-order valence-corrected chi connectivity index (χ3v) is 2.13. The predicted molar refractivity (Wildman–Crippen MR) is 52.2 cm³/mol. The Kier molecular flexibility index (Phi) is 1.67. The van der Waals surface area contributed by atoms with E-state index in [0.29, 0.717) is 11.2 Å². The molecule has 0 atom stereocenters. The van der Waals surface area contributed by atoms with Crippen LogP contribution in [0.5, 0.6) is 0 Å². The second-order valence-corrected chi connectivity index (χ2v) is 3.12. The summed E-state index contributed by atoms with van der Waals surface area (Å²) in [5, 5.41) is 16.3. The summed E-state index contributed by atoms with van der Waals surface area (Å²) >= 11 is 0. The lowest BCUT2D eigenvalue weighted by Gasteiger charge is -1.98. The summed E-state index contributed by atoms with van der Waals surface area (Å²) in [4.78, 5) is 10.7. The van der Waals surface area contributed by atoms with E-state index >= 15 is 0 Å². The van der Waals surface area contributed by atoms with Gasteiger partial charge >= 0.3 is 5.97 Å². The Balaban J connectivity index is 2.82. The third-order valence-electron chi connectivity index (χ3n) is 2.13. The van der Waals surface area contributed by atoms with Crippen LogP contribution in [0.15, 0.2) is 12.1 Å². The average Bonchev–Trinajstić information content (AvgIpc) is 2.48. The van der Waals surface area contributed by atoms with Crippen molar-refractivity contribution in [3.8, 4) is 0 Å². The topological polar surface area (TPSA) is 92.0 Å². The first kappa shape index (κ1) is 8.55. The minimum Gasteiger partial charge on any atom is -0.478 e. The van der Waals surface area contributed by atoms with Crippen LogP contribution in [0.25, 0.3) is 10.9 Å². The quantitative estimate of drug-likeness (QED) is 0.589. The van der Waals surface area contributed by atoms with E-state index in [1.54, 1.807) is 6.07 Å². The van der Waals surface area contributed by atoms with Gasteiger partial charge in [0.2, 0.25) is 0 Å². The second-order valence-electron chi connectivity index (χ2n) is 3.12. The second kappa shape index (κ2) is 2.73. The van der Waals surface area contributed by atoms with Crippen molar-refractivity contribution in [3.63, 3.8) is 0 Å². The van der Waals surface area contributed by atoms with Crippen LogP contribution in [0, 0.1) is 6.92 Å². The first-order valence-corrected chi connectivity index (χ1v) is 4.07. The van der Waals surface area contributed by atoms with Crippen molar-refractivity contribution in [2.45, 2.75) is 6.92 Å². The first-order chi connectivity index (χ1) is 6.59. The number of aromatic carboxylic acids is 1. The van der Waals surface area contributed by atoms with Crippen LogP contribution in [0.1, 0.15) is 16.1 Å². The highest BCUT2D eigenvalue weighted by Gasteiger charge is 2.10. The van der Waals surface area contributed by atoms with E-state index in [2.05, 4.69) is 10.2 Å².